The number of rotatable bonds is 4. The van der Waals surface area contributed by atoms with Crippen molar-refractivity contribution in [1.29, 1.82) is 0 Å². The minimum absolute atomic E-state index is 0.0751. The molecule has 11 heteroatoms. The van der Waals surface area contributed by atoms with Gasteiger partial charge in [0.2, 0.25) is 5.95 Å². The lowest BCUT2D eigenvalue weighted by molar-refractivity contribution is -0.138. The molecule has 0 bridgehead atoms. The van der Waals surface area contributed by atoms with Gasteiger partial charge in [-0.05, 0) is 24.6 Å². The van der Waals surface area contributed by atoms with Crippen LogP contribution in [0.15, 0.2) is 24.4 Å². The van der Waals surface area contributed by atoms with Crippen LogP contribution in [0.2, 0.25) is 10.0 Å². The van der Waals surface area contributed by atoms with Crippen LogP contribution in [0.5, 0.6) is 0 Å². The molecule has 0 aliphatic heterocycles. The Hall–Kier alpha value is -2.26. The lowest BCUT2D eigenvalue weighted by Gasteiger charge is -2.10. The largest absolute Gasteiger partial charge is 0.481 e. The van der Waals surface area contributed by atoms with E-state index < -0.39 is 23.5 Å². The monoisotopic (exact) mass is 410 g/mol. The third-order valence-electron chi connectivity index (χ3n) is 2.76. The molecule has 0 unspecified atom stereocenters. The first kappa shape index (κ1) is 21.8. The smallest absolute Gasteiger partial charge is 0.421 e. The first-order valence-electron chi connectivity index (χ1n) is 7.18. The third-order valence-corrected chi connectivity index (χ3v) is 3.50. The van der Waals surface area contributed by atoms with Crippen molar-refractivity contribution in [2.24, 2.45) is 0 Å². The number of hydrogen-bond donors (Lipinski definition) is 3. The van der Waals surface area contributed by atoms with Gasteiger partial charge in [-0.15, -0.1) is 0 Å². The van der Waals surface area contributed by atoms with E-state index in [2.05, 4.69) is 15.3 Å². The zero-order chi connectivity index (χ0) is 19.9. The molecule has 1 aromatic carbocycles. The Morgan fingerprint density at radius 2 is 1.96 bits per heavy atom. The second kappa shape index (κ2) is 9.44. The molecule has 2 rings (SSSR count). The highest BCUT2D eigenvalue weighted by molar-refractivity contribution is 6.42. The van der Waals surface area contributed by atoms with E-state index in [-0.39, 0.29) is 11.0 Å². The van der Waals surface area contributed by atoms with Gasteiger partial charge in [0.05, 0.1) is 10.0 Å². The number of benzene rings is 1. The van der Waals surface area contributed by atoms with Gasteiger partial charge >= 0.3 is 12.1 Å². The number of aliphatic carboxylic acids is 1. The zero-order valence-corrected chi connectivity index (χ0v) is 15.0. The van der Waals surface area contributed by atoms with E-state index in [9.17, 15) is 18.0 Å². The topological polar surface area (TPSA) is 101 Å². The van der Waals surface area contributed by atoms with Crippen molar-refractivity contribution in [2.45, 2.75) is 25.9 Å². The molecule has 4 N–H and O–H groups in total. The van der Waals surface area contributed by atoms with Crippen LogP contribution in [-0.2, 0) is 11.0 Å². The number of nitrogens with one attached hydrogen (secondary N) is 1. The van der Waals surface area contributed by atoms with Crippen molar-refractivity contribution in [3.8, 4) is 0 Å². The predicted molar refractivity (Wildman–Crippen MR) is 93.7 cm³/mol. The van der Waals surface area contributed by atoms with Crippen LogP contribution in [0.3, 0.4) is 0 Å². The number of carboxylic acid groups (broad SMARTS) is 1. The zero-order valence-electron chi connectivity index (χ0n) is 13.4. The van der Waals surface area contributed by atoms with Crippen molar-refractivity contribution in [3.05, 3.63) is 40.0 Å². The Kier molecular flexibility index (Phi) is 7.91. The Morgan fingerprint density at radius 3 is 2.38 bits per heavy atom. The van der Waals surface area contributed by atoms with E-state index in [1.165, 1.54) is 12.1 Å². The van der Waals surface area contributed by atoms with Crippen LogP contribution in [0.4, 0.5) is 30.6 Å². The lowest BCUT2D eigenvalue weighted by Crippen LogP contribution is -2.12. The predicted octanol–water partition coefficient (Wildman–Crippen LogP) is 5.00. The summed E-state index contributed by atoms with van der Waals surface area (Å²) in [6.45, 7) is 1.84. The number of aromatic nitrogens is 2. The summed E-state index contributed by atoms with van der Waals surface area (Å²) in [5, 5.41) is 11.2. The summed E-state index contributed by atoms with van der Waals surface area (Å²) in [7, 11) is 0. The number of halogens is 5. The molecule has 0 radical (unpaired) electrons. The van der Waals surface area contributed by atoms with Crippen molar-refractivity contribution < 1.29 is 23.1 Å². The summed E-state index contributed by atoms with van der Waals surface area (Å²) >= 11 is 11.6. The molecular weight excluding hydrogens is 396 g/mol. The highest BCUT2D eigenvalue weighted by atomic mass is 35.5. The summed E-state index contributed by atoms with van der Waals surface area (Å²) in [6, 6.07) is 4.59. The van der Waals surface area contributed by atoms with Gasteiger partial charge in [-0.25, -0.2) is 4.98 Å². The number of nitrogens with two attached hydrogens (primary N) is 1. The molecule has 0 fully saturated rings. The molecule has 26 heavy (non-hydrogen) atoms. The second-order valence-corrected chi connectivity index (χ2v) is 5.70. The van der Waals surface area contributed by atoms with E-state index >= 15 is 0 Å². The number of anilines is 3. The lowest BCUT2D eigenvalue weighted by atomic mass is 10.3. The Bertz CT molecular complexity index is 773. The third kappa shape index (κ3) is 6.93. The molecule has 1 aromatic heterocycles. The summed E-state index contributed by atoms with van der Waals surface area (Å²) in [5.74, 6) is -1.44. The van der Waals surface area contributed by atoms with Gasteiger partial charge in [-0.3, -0.25) is 4.79 Å². The van der Waals surface area contributed by atoms with Crippen LogP contribution in [-0.4, -0.2) is 21.0 Å². The molecule has 0 aliphatic rings. The van der Waals surface area contributed by atoms with Gasteiger partial charge in [0, 0.05) is 18.3 Å². The van der Waals surface area contributed by atoms with Gasteiger partial charge in [0.15, 0.2) is 0 Å². The van der Waals surface area contributed by atoms with Crippen LogP contribution >= 0.6 is 23.2 Å². The quantitative estimate of drug-likeness (QED) is 0.655. The van der Waals surface area contributed by atoms with Gasteiger partial charge in [-0.1, -0.05) is 30.1 Å². The van der Waals surface area contributed by atoms with Crippen molar-refractivity contribution in [3.63, 3.8) is 0 Å². The number of nitrogens with zero attached hydrogens (tertiary/aromatic N) is 2. The highest BCUT2D eigenvalue weighted by Crippen LogP contribution is 2.33. The first-order valence-corrected chi connectivity index (χ1v) is 7.93. The molecular formula is C15H15Cl2F3N4O2. The number of alkyl halides is 3. The molecule has 0 atom stereocenters. The van der Waals surface area contributed by atoms with Crippen LogP contribution < -0.4 is 11.1 Å². The molecule has 6 nitrogen and oxygen atoms in total. The maximum absolute atomic E-state index is 12.5. The Labute approximate surface area is 157 Å². The fourth-order valence-corrected chi connectivity index (χ4v) is 1.89. The Balaban J connectivity index is 0.000000487. The second-order valence-electron chi connectivity index (χ2n) is 4.89. The van der Waals surface area contributed by atoms with E-state index in [4.69, 9.17) is 34.0 Å². The molecule has 1 heterocycles. The van der Waals surface area contributed by atoms with Crippen molar-refractivity contribution in [1.82, 2.24) is 9.97 Å². The summed E-state index contributed by atoms with van der Waals surface area (Å²) < 4.78 is 37.5. The molecule has 0 saturated heterocycles. The van der Waals surface area contributed by atoms with Crippen molar-refractivity contribution >= 4 is 46.6 Å². The first-order chi connectivity index (χ1) is 12.0. The molecule has 0 amide bonds. The average Bonchev–Trinajstić information content (AvgIpc) is 2.50. The SMILES string of the molecule is CCCC(=O)O.Nc1nc(Nc2ccc(Cl)c(Cl)c2)ncc1C(F)(F)F. The minimum Gasteiger partial charge on any atom is -0.481 e. The Morgan fingerprint density at radius 1 is 1.31 bits per heavy atom. The van der Waals surface area contributed by atoms with Crippen molar-refractivity contribution in [2.75, 3.05) is 11.1 Å². The van der Waals surface area contributed by atoms with Crippen LogP contribution in [0.1, 0.15) is 25.3 Å². The number of nitrogen functional groups attached to an aromatic ring is 1. The number of carboxylic acids is 1. The van der Waals surface area contributed by atoms with E-state index in [1.807, 2.05) is 6.92 Å². The fraction of sp³-hybridized carbons (Fsp3) is 0.267. The summed E-state index contributed by atoms with van der Waals surface area (Å²) in [4.78, 5) is 16.7. The van der Waals surface area contributed by atoms with Gasteiger partial charge in [0.1, 0.15) is 11.4 Å². The van der Waals surface area contributed by atoms with E-state index in [0.29, 0.717) is 23.3 Å². The van der Waals surface area contributed by atoms with Gasteiger partial charge in [-0.2, -0.15) is 18.2 Å². The average molecular weight is 411 g/mol. The summed E-state index contributed by atoms with van der Waals surface area (Å²) in [6.07, 6.45) is -2.95. The minimum atomic E-state index is -4.59. The van der Waals surface area contributed by atoms with Gasteiger partial charge < -0.3 is 16.2 Å². The van der Waals surface area contributed by atoms with E-state index in [1.54, 1.807) is 6.07 Å². The highest BCUT2D eigenvalue weighted by Gasteiger charge is 2.34. The number of carbonyl (C=O) groups is 1. The molecule has 0 aliphatic carbocycles. The summed E-state index contributed by atoms with van der Waals surface area (Å²) in [5.41, 5.74) is 4.64. The van der Waals surface area contributed by atoms with Crippen LogP contribution in [0, 0.1) is 0 Å². The standard InChI is InChI=1S/C11H7Cl2F3N4.C4H8O2/c12-7-2-1-5(3-8(7)13)19-10-18-4-6(9(17)20-10)11(14,15)16;1-2-3-4(5)6/h1-4H,(H3,17,18,19,20);2-3H2,1H3,(H,5,6). The maximum Gasteiger partial charge on any atom is 0.421 e. The fourth-order valence-electron chi connectivity index (χ4n) is 1.59. The molecule has 0 saturated carbocycles. The van der Waals surface area contributed by atoms with E-state index in [0.717, 1.165) is 6.42 Å². The maximum atomic E-state index is 12.5. The molecule has 2 aromatic rings. The van der Waals surface area contributed by atoms with Gasteiger partial charge in [0.25, 0.3) is 0 Å². The molecule has 0 spiro atoms. The van der Waals surface area contributed by atoms with Crippen LogP contribution in [0.25, 0.3) is 0 Å². The number of hydrogen-bond acceptors (Lipinski definition) is 5. The normalized spacial score (nSPS) is 10.7. The molecule has 142 valence electrons.